The molecule has 49 heavy (non-hydrogen) atoms. The van der Waals surface area contributed by atoms with Gasteiger partial charge in [0, 0.05) is 55.5 Å². The molecule has 0 aromatic rings. The van der Waals surface area contributed by atoms with Crippen molar-refractivity contribution in [2.45, 2.75) is 213 Å². The van der Waals surface area contributed by atoms with Crippen molar-refractivity contribution < 1.29 is 67.0 Å². The first kappa shape index (κ1) is 54.6. The first-order valence-corrected chi connectivity index (χ1v) is 20.0. The monoisotopic (exact) mass is 845 g/mol. The summed E-state index contributed by atoms with van der Waals surface area (Å²) < 4.78 is 0. The quantitative estimate of drug-likeness (QED) is 0.0448. The van der Waals surface area contributed by atoms with E-state index in [0.717, 1.165) is 38.5 Å². The zero-order chi connectivity index (χ0) is 36.2. The first-order valence-electron chi connectivity index (χ1n) is 20.0. The van der Waals surface area contributed by atoms with Crippen LogP contribution in [0.2, 0.25) is 0 Å². The number of carboxylic acids is 3. The minimum absolute atomic E-state index is 0. The van der Waals surface area contributed by atoms with Gasteiger partial charge < -0.3 is 15.3 Å². The number of hydrogen-bond donors (Lipinski definition) is 3. The number of hydrogen-bond acceptors (Lipinski definition) is 3. The Morgan fingerprint density at radius 3 is 0.653 bits per heavy atom. The molecule has 3 N–H and O–H groups in total. The Balaban J connectivity index is -0.000000307. The van der Waals surface area contributed by atoms with E-state index in [4.69, 9.17) is 15.3 Å². The Morgan fingerprint density at radius 1 is 0.327 bits per heavy atom. The summed E-state index contributed by atoms with van der Waals surface area (Å²) in [4.78, 5) is 30.5. The van der Waals surface area contributed by atoms with Gasteiger partial charge in [-0.25, -0.2) is 14.4 Å². The molecule has 0 aliphatic carbocycles. The normalized spacial score (nSPS) is 10.8. The summed E-state index contributed by atoms with van der Waals surface area (Å²) in [6.45, 7) is 6.72. The second-order valence-corrected chi connectivity index (χ2v) is 13.1. The summed E-state index contributed by atoms with van der Waals surface area (Å²) in [5.74, 6) is -2.51. The first-order chi connectivity index (χ1) is 23.3. The van der Waals surface area contributed by atoms with Crippen molar-refractivity contribution >= 4 is 17.9 Å². The van der Waals surface area contributed by atoms with Crippen LogP contribution in [0.4, 0.5) is 0 Å². The number of rotatable bonds is 33. The zero-order valence-corrected chi connectivity index (χ0v) is 33.9. The van der Waals surface area contributed by atoms with Gasteiger partial charge in [-0.05, 0) is 38.5 Å². The average Bonchev–Trinajstić information content (AvgIpc) is 3.05. The van der Waals surface area contributed by atoms with Crippen LogP contribution in [0.25, 0.3) is 0 Å². The van der Waals surface area contributed by atoms with Gasteiger partial charge in [0.15, 0.2) is 0 Å². The van der Waals surface area contributed by atoms with Crippen LogP contribution in [-0.4, -0.2) is 33.2 Å². The molecule has 0 aliphatic heterocycles. The summed E-state index contributed by atoms with van der Waals surface area (Å²) in [6.07, 6.45) is 47.2. The van der Waals surface area contributed by atoms with Crippen LogP contribution >= 0.6 is 0 Å². The Hall–Kier alpha value is -1.12. The molecule has 0 heterocycles. The Morgan fingerprint density at radius 2 is 0.490 bits per heavy atom. The van der Waals surface area contributed by atoms with Gasteiger partial charge >= 0.3 is 17.9 Å². The van der Waals surface area contributed by atoms with E-state index in [1.54, 1.807) is 18.2 Å². The second-order valence-electron chi connectivity index (χ2n) is 13.1. The van der Waals surface area contributed by atoms with Crippen molar-refractivity contribution in [1.29, 1.82) is 0 Å². The van der Waals surface area contributed by atoms with Crippen LogP contribution in [0, 0.1) is 37.3 Å². The summed E-state index contributed by atoms with van der Waals surface area (Å²) in [7, 11) is 0. The van der Waals surface area contributed by atoms with E-state index in [0.29, 0.717) is 0 Å². The number of aliphatic carboxylic acids is 3. The van der Waals surface area contributed by atoms with Gasteiger partial charge in [-0.1, -0.05) is 193 Å². The minimum Gasteiger partial charge on any atom is -0.478 e. The summed E-state index contributed by atoms with van der Waals surface area (Å²) in [5, 5.41) is 25.1. The van der Waals surface area contributed by atoms with Crippen molar-refractivity contribution in [2.75, 3.05) is 0 Å². The van der Waals surface area contributed by atoms with E-state index in [-0.39, 0.29) is 37.3 Å². The fraction of sp³-hybridized carbons (Fsp3) is 0.786. The van der Waals surface area contributed by atoms with Gasteiger partial charge in [0.25, 0.3) is 0 Å². The summed E-state index contributed by atoms with van der Waals surface area (Å²) in [5.41, 5.74) is 0. The summed E-state index contributed by atoms with van der Waals surface area (Å²) >= 11 is 0. The van der Waals surface area contributed by atoms with Gasteiger partial charge in [-0.15, -0.1) is 0 Å². The number of allylic oxidation sites excluding steroid dienone is 3. The van der Waals surface area contributed by atoms with Crippen LogP contribution in [0.15, 0.2) is 36.5 Å². The van der Waals surface area contributed by atoms with E-state index >= 15 is 0 Å². The van der Waals surface area contributed by atoms with Gasteiger partial charge in [0.2, 0.25) is 0 Å². The molecule has 7 heteroatoms. The standard InChI is InChI=1S/3C14H26O2.Er/c3*1-2-3-4-5-6-7-8-9-10-11-12-13-14(15)16;/h3*12-13H,2-11H2,1H3,(H,15,16);. The molecule has 0 saturated carbocycles. The van der Waals surface area contributed by atoms with Crippen LogP contribution in [0.5, 0.6) is 0 Å². The molecule has 0 fully saturated rings. The number of unbranched alkanes of at least 4 members (excludes halogenated alkanes) is 27. The molecular weight excluding hydrogens is 768 g/mol. The van der Waals surface area contributed by atoms with Gasteiger partial charge in [-0.3, -0.25) is 0 Å². The number of carboxylic acid groups (broad SMARTS) is 3. The van der Waals surface area contributed by atoms with Gasteiger partial charge in [0.05, 0.1) is 0 Å². The molecule has 0 rings (SSSR count). The molecule has 0 aromatic carbocycles. The Labute approximate surface area is 332 Å². The smallest absolute Gasteiger partial charge is 0.327 e. The molecule has 0 unspecified atom stereocenters. The minimum atomic E-state index is -0.837. The van der Waals surface area contributed by atoms with Crippen LogP contribution in [0.1, 0.15) is 213 Å². The van der Waals surface area contributed by atoms with Crippen molar-refractivity contribution in [3.8, 4) is 0 Å². The molecule has 0 atom stereocenters. The topological polar surface area (TPSA) is 112 Å². The molecular formula is C42H78ErO6. The SMILES string of the molecule is CCCCCCCCCCCC=CC(=O)O.CCCCCCCCCCCC=CC(=O)O.CCCCCCCCCCCC=CC(=O)O.[Er]. The summed E-state index contributed by atoms with van der Waals surface area (Å²) in [6, 6.07) is 0. The maximum atomic E-state index is 10.2. The van der Waals surface area contributed by atoms with Crippen molar-refractivity contribution in [1.82, 2.24) is 0 Å². The maximum absolute atomic E-state index is 10.2. The largest absolute Gasteiger partial charge is 0.478 e. The van der Waals surface area contributed by atoms with Crippen LogP contribution in [-0.2, 0) is 14.4 Å². The molecule has 0 spiro atoms. The third kappa shape index (κ3) is 65.8. The third-order valence-electron chi connectivity index (χ3n) is 8.20. The molecule has 0 aliphatic rings. The molecule has 0 aromatic heterocycles. The fourth-order valence-corrected chi connectivity index (χ4v) is 5.27. The Kier molecular flexibility index (Phi) is 57.2. The predicted octanol–water partition coefficient (Wildman–Crippen LogP) is 13.6. The molecule has 294 valence electrons. The molecule has 0 saturated heterocycles. The second kappa shape index (κ2) is 51.2. The van der Waals surface area contributed by atoms with E-state index in [2.05, 4.69) is 20.8 Å². The number of carbonyl (C=O) groups is 3. The molecule has 0 amide bonds. The van der Waals surface area contributed by atoms with Crippen LogP contribution < -0.4 is 0 Å². The van der Waals surface area contributed by atoms with Crippen LogP contribution in [0.3, 0.4) is 0 Å². The zero-order valence-electron chi connectivity index (χ0n) is 32.0. The average molecular weight is 846 g/mol. The van der Waals surface area contributed by atoms with Crippen molar-refractivity contribution in [3.63, 3.8) is 0 Å². The molecule has 0 bridgehead atoms. The van der Waals surface area contributed by atoms with E-state index in [1.807, 2.05) is 0 Å². The van der Waals surface area contributed by atoms with Crippen molar-refractivity contribution in [3.05, 3.63) is 36.5 Å². The fourth-order valence-electron chi connectivity index (χ4n) is 5.27. The third-order valence-corrected chi connectivity index (χ3v) is 8.20. The van der Waals surface area contributed by atoms with Gasteiger partial charge in [0.1, 0.15) is 0 Å². The Bertz CT molecular complexity index is 662. The van der Waals surface area contributed by atoms with E-state index in [1.165, 1.54) is 172 Å². The van der Waals surface area contributed by atoms with E-state index < -0.39 is 17.9 Å². The maximum Gasteiger partial charge on any atom is 0.327 e. The molecule has 6 nitrogen and oxygen atoms in total. The van der Waals surface area contributed by atoms with E-state index in [9.17, 15) is 14.4 Å². The van der Waals surface area contributed by atoms with Crippen molar-refractivity contribution in [2.24, 2.45) is 0 Å². The van der Waals surface area contributed by atoms with Gasteiger partial charge in [-0.2, -0.15) is 0 Å². The molecule has 0 radical (unpaired) electrons. The predicted molar refractivity (Wildman–Crippen MR) is 206 cm³/mol.